The molecule has 1 aliphatic heterocycles. The second kappa shape index (κ2) is 6.67. The number of thiazole rings is 1. The van der Waals surface area contributed by atoms with E-state index in [1.807, 2.05) is 6.92 Å². The van der Waals surface area contributed by atoms with E-state index in [2.05, 4.69) is 55.1 Å². The van der Waals surface area contributed by atoms with Crippen molar-refractivity contribution in [1.29, 1.82) is 0 Å². The Kier molecular flexibility index (Phi) is 4.49. The van der Waals surface area contributed by atoms with Gasteiger partial charge in [-0.3, -0.25) is 0 Å². The molecular formula is C20H27N4OS+. The zero-order valence-corrected chi connectivity index (χ0v) is 16.7. The van der Waals surface area contributed by atoms with Crippen LogP contribution >= 0.6 is 11.3 Å². The van der Waals surface area contributed by atoms with Gasteiger partial charge in [0, 0.05) is 17.4 Å². The van der Waals surface area contributed by atoms with Crippen LogP contribution in [0, 0.1) is 25.7 Å². The molecule has 4 rings (SSSR count). The third-order valence-electron chi connectivity index (χ3n) is 5.50. The maximum atomic E-state index is 10.9. The number of hydrogen-bond acceptors (Lipinski definition) is 4. The van der Waals surface area contributed by atoms with E-state index < -0.39 is 0 Å². The average molecular weight is 372 g/mol. The van der Waals surface area contributed by atoms with Crippen LogP contribution in [-0.4, -0.2) is 32.8 Å². The number of aromatic nitrogens is 3. The van der Waals surface area contributed by atoms with Gasteiger partial charge >= 0.3 is 0 Å². The first-order valence-corrected chi connectivity index (χ1v) is 10.2. The number of hydrogen-bond donors (Lipinski definition) is 2. The Labute approximate surface area is 158 Å². The summed E-state index contributed by atoms with van der Waals surface area (Å²) in [6.07, 6.45) is 1.28. The lowest BCUT2D eigenvalue weighted by Crippen LogP contribution is -3.14. The minimum absolute atomic E-state index is 0.121. The fourth-order valence-electron chi connectivity index (χ4n) is 4.56. The molecule has 2 N–H and O–H groups in total. The quantitative estimate of drug-likeness (QED) is 0.744. The highest BCUT2D eigenvalue weighted by atomic mass is 32.1. The van der Waals surface area contributed by atoms with E-state index in [1.165, 1.54) is 22.4 Å². The summed E-state index contributed by atoms with van der Waals surface area (Å²) in [5.74, 6) is 2.31. The molecule has 1 unspecified atom stereocenters. The van der Waals surface area contributed by atoms with Gasteiger partial charge in [0.1, 0.15) is 10.7 Å². The Bertz CT molecular complexity index is 921. The van der Waals surface area contributed by atoms with Crippen LogP contribution in [0.25, 0.3) is 4.96 Å². The molecule has 0 radical (unpaired) electrons. The van der Waals surface area contributed by atoms with Gasteiger partial charge in [0.25, 0.3) is 0 Å². The smallest absolute Gasteiger partial charge is 0.235 e. The summed E-state index contributed by atoms with van der Waals surface area (Å²) in [6, 6.07) is 8.67. The highest BCUT2D eigenvalue weighted by Crippen LogP contribution is 2.36. The van der Waals surface area contributed by atoms with Crippen molar-refractivity contribution in [3.8, 4) is 5.88 Å². The number of fused-ring (bicyclic) bond motifs is 1. The number of benzene rings is 1. The van der Waals surface area contributed by atoms with Crippen LogP contribution in [0.5, 0.6) is 5.88 Å². The summed E-state index contributed by atoms with van der Waals surface area (Å²) < 4.78 is 1.59. The molecule has 3 aromatic rings. The number of likely N-dealkylation sites (tertiary alicyclic amines) is 1. The summed E-state index contributed by atoms with van der Waals surface area (Å²) in [5, 5.41) is 15.3. The number of nitrogens with zero attached hydrogens (tertiary/aromatic N) is 3. The number of aryl methyl sites for hydroxylation is 2. The first-order valence-electron chi connectivity index (χ1n) is 9.39. The second-order valence-corrected chi connectivity index (χ2v) is 8.95. The number of quaternary nitrogens is 1. The molecule has 3 heterocycles. The molecule has 138 valence electrons. The standard InChI is InChI=1S/C20H26N4OS/c1-12-9-13(2)11-23(10-12)17(16-8-6-5-7-14(16)3)18-19(25)24-20(26-18)21-15(4)22-24/h5-8,12-13,17,25H,9-11H2,1-4H3/p+1/t12-,13+,17-/m0/s1. The Morgan fingerprint density at radius 2 is 1.88 bits per heavy atom. The van der Waals surface area contributed by atoms with Crippen LogP contribution in [0.2, 0.25) is 0 Å². The fourth-order valence-corrected chi connectivity index (χ4v) is 5.74. The van der Waals surface area contributed by atoms with E-state index in [1.54, 1.807) is 15.9 Å². The zero-order chi connectivity index (χ0) is 18.4. The van der Waals surface area contributed by atoms with Gasteiger partial charge < -0.3 is 10.0 Å². The van der Waals surface area contributed by atoms with E-state index >= 15 is 0 Å². The molecule has 0 saturated carbocycles. The van der Waals surface area contributed by atoms with Crippen molar-refractivity contribution in [2.75, 3.05) is 13.1 Å². The molecule has 5 nitrogen and oxygen atoms in total. The van der Waals surface area contributed by atoms with Crippen molar-refractivity contribution in [2.24, 2.45) is 11.8 Å². The molecule has 26 heavy (non-hydrogen) atoms. The Hall–Kier alpha value is -1.92. The van der Waals surface area contributed by atoms with Gasteiger partial charge in [0.15, 0.2) is 6.04 Å². The van der Waals surface area contributed by atoms with Gasteiger partial charge in [0.2, 0.25) is 10.8 Å². The first kappa shape index (κ1) is 17.5. The van der Waals surface area contributed by atoms with Gasteiger partial charge in [-0.2, -0.15) is 4.52 Å². The van der Waals surface area contributed by atoms with E-state index in [9.17, 15) is 5.11 Å². The predicted octanol–water partition coefficient (Wildman–Crippen LogP) is 2.76. The molecule has 1 aliphatic rings. The summed E-state index contributed by atoms with van der Waals surface area (Å²) in [7, 11) is 0. The van der Waals surface area contributed by atoms with Crippen LogP contribution in [0.4, 0.5) is 0 Å². The lowest BCUT2D eigenvalue weighted by molar-refractivity contribution is -0.936. The maximum absolute atomic E-state index is 10.9. The summed E-state index contributed by atoms with van der Waals surface area (Å²) in [5.41, 5.74) is 2.56. The van der Waals surface area contributed by atoms with E-state index in [0.717, 1.165) is 22.9 Å². The topological polar surface area (TPSA) is 54.9 Å². The number of nitrogens with one attached hydrogen (secondary N) is 1. The normalized spacial score (nSPS) is 24.8. The SMILES string of the molecule is Cc1nc2sc([C@H](c3ccccc3C)[NH+]3C[C@H](C)C[C@H](C)C3)c(O)n2n1. The van der Waals surface area contributed by atoms with Gasteiger partial charge in [-0.15, -0.1) is 5.10 Å². The molecule has 1 saturated heterocycles. The van der Waals surface area contributed by atoms with Crippen LogP contribution in [0.3, 0.4) is 0 Å². The molecule has 0 bridgehead atoms. The van der Waals surface area contributed by atoms with Crippen molar-refractivity contribution >= 4 is 16.3 Å². The van der Waals surface area contributed by atoms with Crippen molar-refractivity contribution in [3.63, 3.8) is 0 Å². The van der Waals surface area contributed by atoms with Crippen LogP contribution in [0.1, 0.15) is 48.1 Å². The lowest BCUT2D eigenvalue weighted by Gasteiger charge is -2.37. The number of piperidine rings is 1. The van der Waals surface area contributed by atoms with E-state index in [4.69, 9.17) is 0 Å². The Morgan fingerprint density at radius 1 is 1.19 bits per heavy atom. The molecule has 0 amide bonds. The van der Waals surface area contributed by atoms with Crippen molar-refractivity contribution < 1.29 is 10.0 Å². The molecular weight excluding hydrogens is 344 g/mol. The fraction of sp³-hybridized carbons (Fsp3) is 0.500. The van der Waals surface area contributed by atoms with Crippen molar-refractivity contribution in [3.05, 3.63) is 46.1 Å². The van der Waals surface area contributed by atoms with E-state index in [-0.39, 0.29) is 11.9 Å². The highest BCUT2D eigenvalue weighted by molar-refractivity contribution is 7.17. The van der Waals surface area contributed by atoms with Gasteiger partial charge in [-0.1, -0.05) is 49.4 Å². The average Bonchev–Trinajstić information content (AvgIpc) is 3.07. The summed E-state index contributed by atoms with van der Waals surface area (Å²) >= 11 is 1.57. The van der Waals surface area contributed by atoms with E-state index in [0.29, 0.717) is 17.7 Å². The molecule has 2 aromatic heterocycles. The first-order chi connectivity index (χ1) is 12.4. The molecule has 1 fully saturated rings. The molecule has 6 heteroatoms. The number of aromatic hydroxyl groups is 1. The monoisotopic (exact) mass is 371 g/mol. The lowest BCUT2D eigenvalue weighted by atomic mass is 9.88. The summed E-state index contributed by atoms with van der Waals surface area (Å²) in [6.45, 7) is 11.0. The van der Waals surface area contributed by atoms with Crippen molar-refractivity contribution in [2.45, 2.75) is 40.2 Å². The minimum atomic E-state index is 0.121. The minimum Gasteiger partial charge on any atom is -0.492 e. The highest BCUT2D eigenvalue weighted by Gasteiger charge is 2.37. The second-order valence-electron chi connectivity index (χ2n) is 7.95. The van der Waals surface area contributed by atoms with Crippen molar-refractivity contribution in [1.82, 2.24) is 14.6 Å². The van der Waals surface area contributed by atoms with Crippen LogP contribution < -0.4 is 4.90 Å². The molecule has 4 atom stereocenters. The maximum Gasteiger partial charge on any atom is 0.235 e. The van der Waals surface area contributed by atoms with Gasteiger partial charge in [0.05, 0.1) is 13.1 Å². The van der Waals surface area contributed by atoms with Gasteiger partial charge in [-0.25, -0.2) is 4.98 Å². The van der Waals surface area contributed by atoms with Gasteiger partial charge in [-0.05, 0) is 25.8 Å². The predicted molar refractivity (Wildman–Crippen MR) is 104 cm³/mol. The largest absolute Gasteiger partial charge is 0.492 e. The Morgan fingerprint density at radius 3 is 2.54 bits per heavy atom. The van der Waals surface area contributed by atoms with Crippen LogP contribution in [-0.2, 0) is 0 Å². The third-order valence-corrected chi connectivity index (χ3v) is 6.59. The molecule has 0 aliphatic carbocycles. The molecule has 1 aromatic carbocycles. The Balaban J connectivity index is 1.85. The zero-order valence-electron chi connectivity index (χ0n) is 15.9. The number of rotatable bonds is 3. The molecule has 0 spiro atoms. The third kappa shape index (κ3) is 3.01. The summed E-state index contributed by atoms with van der Waals surface area (Å²) in [4.78, 5) is 7.75. The van der Waals surface area contributed by atoms with Crippen LogP contribution in [0.15, 0.2) is 24.3 Å².